The molecule has 1 aromatic carbocycles. The van der Waals surface area contributed by atoms with Crippen LogP contribution in [0, 0.1) is 10.1 Å². The molecule has 2 rings (SSSR count). The normalized spacial score (nSPS) is 16.9. The number of carboxylic acid groups (broad SMARTS) is 1. The van der Waals surface area contributed by atoms with E-state index in [1.54, 1.807) is 0 Å². The predicted molar refractivity (Wildman–Crippen MR) is 72.1 cm³/mol. The molecule has 0 radical (unpaired) electrons. The fraction of sp³-hybridized carbons (Fsp3) is 0.200. The van der Waals surface area contributed by atoms with Crippen LogP contribution in [-0.4, -0.2) is 21.9 Å². The first-order valence-corrected chi connectivity index (χ1v) is 6.60. The summed E-state index contributed by atoms with van der Waals surface area (Å²) in [5, 5.41) is 22.4. The molecule has 1 heterocycles. The largest absolute Gasteiger partial charge is 0.481 e. The number of nitro groups is 1. The van der Waals surface area contributed by atoms with E-state index in [9.17, 15) is 19.7 Å². The van der Waals surface area contributed by atoms with Crippen LogP contribution in [0.4, 0.5) is 11.4 Å². The first kappa shape index (κ1) is 13.9. The Balaban J connectivity index is 2.68. The van der Waals surface area contributed by atoms with Crippen molar-refractivity contribution in [1.82, 2.24) is 0 Å². The van der Waals surface area contributed by atoms with E-state index in [0.29, 0.717) is 4.47 Å². The van der Waals surface area contributed by atoms with Crippen LogP contribution < -0.4 is 5.32 Å². The molecule has 1 aliphatic rings. The van der Waals surface area contributed by atoms with Gasteiger partial charge in [-0.1, -0.05) is 0 Å². The lowest BCUT2D eigenvalue weighted by molar-refractivity contribution is -0.386. The Morgan fingerprint density at radius 2 is 2.16 bits per heavy atom. The molecule has 0 aliphatic carbocycles. The first-order chi connectivity index (χ1) is 8.82. The number of carbonyl (C=O) groups excluding carboxylic acids is 1. The van der Waals surface area contributed by atoms with E-state index in [2.05, 4.69) is 37.2 Å². The molecule has 1 aliphatic heterocycles. The zero-order valence-electron chi connectivity index (χ0n) is 9.15. The summed E-state index contributed by atoms with van der Waals surface area (Å²) in [5.74, 6) is -2.80. The van der Waals surface area contributed by atoms with Gasteiger partial charge < -0.3 is 10.4 Å². The van der Waals surface area contributed by atoms with E-state index < -0.39 is 29.1 Å². The molecule has 0 fully saturated rings. The zero-order valence-corrected chi connectivity index (χ0v) is 12.3. The van der Waals surface area contributed by atoms with Crippen LogP contribution in [0.5, 0.6) is 0 Å². The molecule has 0 saturated heterocycles. The number of nitro benzene ring substituents is 1. The van der Waals surface area contributed by atoms with Gasteiger partial charge >= 0.3 is 5.97 Å². The highest BCUT2D eigenvalue weighted by Gasteiger charge is 2.40. The van der Waals surface area contributed by atoms with E-state index >= 15 is 0 Å². The molecular weight excluding hydrogens is 388 g/mol. The summed E-state index contributed by atoms with van der Waals surface area (Å²) < 4.78 is 0.595. The molecule has 1 aromatic rings. The smallest absolute Gasteiger partial charge is 0.304 e. The van der Waals surface area contributed by atoms with Crippen molar-refractivity contribution in [2.75, 3.05) is 5.32 Å². The minimum absolute atomic E-state index is 0.104. The maximum absolute atomic E-state index is 11.7. The number of aliphatic carboxylic acids is 1. The number of nitrogens with one attached hydrogen (secondary N) is 1. The molecule has 100 valence electrons. The Morgan fingerprint density at radius 3 is 2.68 bits per heavy atom. The zero-order chi connectivity index (χ0) is 14.3. The van der Waals surface area contributed by atoms with Crippen molar-refractivity contribution in [3.63, 3.8) is 0 Å². The number of benzene rings is 1. The number of rotatable bonds is 3. The van der Waals surface area contributed by atoms with E-state index in [1.165, 1.54) is 6.07 Å². The maximum atomic E-state index is 11.7. The summed E-state index contributed by atoms with van der Waals surface area (Å²) >= 11 is 6.21. The highest BCUT2D eigenvalue weighted by molar-refractivity contribution is 9.13. The van der Waals surface area contributed by atoms with Crippen molar-refractivity contribution < 1.29 is 19.6 Å². The fourth-order valence-corrected chi connectivity index (χ4v) is 2.87. The minimum Gasteiger partial charge on any atom is -0.481 e. The third-order valence-corrected chi connectivity index (χ3v) is 4.68. The van der Waals surface area contributed by atoms with Gasteiger partial charge in [-0.3, -0.25) is 19.7 Å². The van der Waals surface area contributed by atoms with E-state index in [1.807, 2.05) is 0 Å². The molecule has 19 heavy (non-hydrogen) atoms. The number of fused-ring (bicyclic) bond motifs is 1. The number of carbonyl (C=O) groups is 2. The van der Waals surface area contributed by atoms with Crippen molar-refractivity contribution in [2.45, 2.75) is 12.3 Å². The van der Waals surface area contributed by atoms with Gasteiger partial charge in [0, 0.05) is 4.47 Å². The van der Waals surface area contributed by atoms with Gasteiger partial charge in [0.2, 0.25) is 5.91 Å². The van der Waals surface area contributed by atoms with Gasteiger partial charge in [-0.25, -0.2) is 0 Å². The molecule has 2 N–H and O–H groups in total. The van der Waals surface area contributed by atoms with Crippen LogP contribution in [-0.2, 0) is 9.59 Å². The standard InChI is InChI=1S/C10H6Br2N2O5/c11-4-2-5-7(9(8(4)12)14(18)19)3(1-6(15)16)10(17)13-5/h2-3H,1H2,(H,13,17)(H,15,16). The van der Waals surface area contributed by atoms with Crippen LogP contribution in [0.2, 0.25) is 0 Å². The van der Waals surface area contributed by atoms with Crippen LogP contribution in [0.1, 0.15) is 17.9 Å². The summed E-state index contributed by atoms with van der Waals surface area (Å²) in [6.07, 6.45) is -0.492. The Labute approximate surface area is 123 Å². The van der Waals surface area contributed by atoms with Crippen LogP contribution in [0.3, 0.4) is 0 Å². The van der Waals surface area contributed by atoms with Crippen LogP contribution in [0.25, 0.3) is 0 Å². The summed E-state index contributed by atoms with van der Waals surface area (Å²) in [6, 6.07) is 1.51. The van der Waals surface area contributed by atoms with Crippen molar-refractivity contribution in [1.29, 1.82) is 0 Å². The number of carboxylic acids is 1. The molecule has 1 atom stereocenters. The Morgan fingerprint density at radius 1 is 1.53 bits per heavy atom. The monoisotopic (exact) mass is 392 g/mol. The van der Waals surface area contributed by atoms with E-state index in [-0.39, 0.29) is 21.4 Å². The second kappa shape index (κ2) is 4.89. The average molecular weight is 394 g/mol. The molecule has 1 amide bonds. The third-order valence-electron chi connectivity index (χ3n) is 2.72. The van der Waals surface area contributed by atoms with Gasteiger partial charge in [-0.15, -0.1) is 0 Å². The van der Waals surface area contributed by atoms with Crippen molar-refractivity contribution in [3.8, 4) is 0 Å². The van der Waals surface area contributed by atoms with Gasteiger partial charge in [0.25, 0.3) is 5.69 Å². The molecule has 0 spiro atoms. The minimum atomic E-state index is -1.19. The molecule has 0 aromatic heterocycles. The van der Waals surface area contributed by atoms with Gasteiger partial charge in [-0.05, 0) is 37.9 Å². The molecule has 9 heteroatoms. The average Bonchev–Trinajstić information content (AvgIpc) is 2.56. The lowest BCUT2D eigenvalue weighted by Gasteiger charge is -2.08. The van der Waals surface area contributed by atoms with E-state index in [4.69, 9.17) is 5.11 Å². The van der Waals surface area contributed by atoms with Gasteiger partial charge in [0.05, 0.1) is 28.5 Å². The SMILES string of the molecule is O=C(O)CC1C(=O)Nc2cc(Br)c(Br)c([N+](=O)[O-])c21. The predicted octanol–water partition coefficient (Wildman–Crippen LogP) is 2.63. The molecule has 0 bridgehead atoms. The summed E-state index contributed by atoms with van der Waals surface area (Å²) in [7, 11) is 0. The lowest BCUT2D eigenvalue weighted by Crippen LogP contribution is -2.16. The molecule has 1 unspecified atom stereocenters. The fourth-order valence-electron chi connectivity index (χ4n) is 1.98. The Bertz CT molecular complexity index is 616. The number of hydrogen-bond donors (Lipinski definition) is 2. The van der Waals surface area contributed by atoms with Crippen LogP contribution >= 0.6 is 31.9 Å². The maximum Gasteiger partial charge on any atom is 0.304 e. The number of nitrogens with zero attached hydrogens (tertiary/aromatic N) is 1. The van der Waals surface area contributed by atoms with Crippen LogP contribution in [0.15, 0.2) is 15.0 Å². The second-order valence-corrected chi connectivity index (χ2v) is 5.53. The number of halogens is 2. The summed E-state index contributed by atoms with van der Waals surface area (Å²) in [5.41, 5.74) is 0.0690. The summed E-state index contributed by atoms with van der Waals surface area (Å²) in [4.78, 5) is 33.0. The van der Waals surface area contributed by atoms with Crippen molar-refractivity contribution >= 4 is 55.1 Å². The molecule has 0 saturated carbocycles. The lowest BCUT2D eigenvalue weighted by atomic mass is 9.96. The number of amides is 1. The van der Waals surface area contributed by atoms with E-state index in [0.717, 1.165) is 0 Å². The quantitative estimate of drug-likeness (QED) is 0.605. The van der Waals surface area contributed by atoms with Gasteiger partial charge in [0.1, 0.15) is 4.47 Å². The van der Waals surface area contributed by atoms with Gasteiger partial charge in [-0.2, -0.15) is 0 Å². The van der Waals surface area contributed by atoms with Gasteiger partial charge in [0.15, 0.2) is 0 Å². The third kappa shape index (κ3) is 2.35. The number of hydrogen-bond acceptors (Lipinski definition) is 4. The number of anilines is 1. The second-order valence-electron chi connectivity index (χ2n) is 3.88. The topological polar surface area (TPSA) is 110 Å². The Hall–Kier alpha value is -1.48. The van der Waals surface area contributed by atoms with Crippen molar-refractivity contribution in [2.24, 2.45) is 0 Å². The highest BCUT2D eigenvalue weighted by atomic mass is 79.9. The highest BCUT2D eigenvalue weighted by Crippen LogP contribution is 2.47. The molecule has 7 nitrogen and oxygen atoms in total. The van der Waals surface area contributed by atoms with Crippen molar-refractivity contribution in [3.05, 3.63) is 30.7 Å². The summed E-state index contributed by atoms with van der Waals surface area (Å²) in [6.45, 7) is 0. The Kier molecular flexibility index (Phi) is 3.59. The first-order valence-electron chi connectivity index (χ1n) is 5.02. The molecular formula is C10H6Br2N2O5.